The van der Waals surface area contributed by atoms with Gasteiger partial charge in [0.25, 0.3) is 0 Å². The molecule has 0 radical (unpaired) electrons. The summed E-state index contributed by atoms with van der Waals surface area (Å²) in [6, 6.07) is 8.96. The molecule has 0 fully saturated rings. The number of hydrogen-bond donors (Lipinski definition) is 0. The van der Waals surface area contributed by atoms with E-state index in [1.807, 2.05) is 0 Å². The number of esters is 1. The molecular formula is C17H13F3N4O3. The Morgan fingerprint density at radius 2 is 1.93 bits per heavy atom. The fraction of sp³-hybridized carbons (Fsp3) is 0.176. The van der Waals surface area contributed by atoms with Crippen LogP contribution in [-0.4, -0.2) is 33.1 Å². The maximum atomic E-state index is 13.6. The first kappa shape index (κ1) is 18.4. The third-order valence-corrected chi connectivity index (χ3v) is 3.51. The molecule has 3 rings (SSSR count). The molecule has 7 nitrogen and oxygen atoms in total. The summed E-state index contributed by atoms with van der Waals surface area (Å²) in [5, 5.41) is 10.9. The zero-order chi connectivity index (χ0) is 19.6. The smallest absolute Gasteiger partial charge is 0.434 e. The summed E-state index contributed by atoms with van der Waals surface area (Å²) in [6.45, 7) is 1.76. The van der Waals surface area contributed by atoms with E-state index in [1.165, 1.54) is 31.4 Å². The van der Waals surface area contributed by atoms with Crippen molar-refractivity contribution in [1.82, 2.24) is 20.0 Å². The zero-order valence-corrected chi connectivity index (χ0v) is 14.2. The van der Waals surface area contributed by atoms with Crippen molar-refractivity contribution in [3.8, 4) is 17.4 Å². The van der Waals surface area contributed by atoms with Crippen LogP contribution >= 0.6 is 0 Å². The largest absolute Gasteiger partial charge is 0.480 e. The maximum Gasteiger partial charge on any atom is 0.434 e. The number of halogens is 3. The molecule has 0 unspecified atom stereocenters. The molecule has 3 aromatic rings. The highest BCUT2D eigenvalue weighted by molar-refractivity contribution is 5.92. The molecule has 0 amide bonds. The Labute approximate surface area is 151 Å². The summed E-state index contributed by atoms with van der Waals surface area (Å²) < 4.78 is 51.1. The van der Waals surface area contributed by atoms with E-state index in [0.717, 1.165) is 11.8 Å². The topological polar surface area (TPSA) is 79.1 Å². The molecule has 2 aromatic heterocycles. The van der Waals surface area contributed by atoms with Crippen LogP contribution < -0.4 is 9.47 Å². The molecule has 0 saturated carbocycles. The Morgan fingerprint density at radius 1 is 1.15 bits per heavy atom. The van der Waals surface area contributed by atoms with Crippen molar-refractivity contribution < 1.29 is 27.4 Å². The van der Waals surface area contributed by atoms with Crippen molar-refractivity contribution in [2.24, 2.45) is 0 Å². The lowest BCUT2D eigenvalue weighted by Crippen LogP contribution is -2.20. The molecular weight excluding hydrogens is 365 g/mol. The molecule has 0 aliphatic carbocycles. The number of rotatable bonds is 4. The van der Waals surface area contributed by atoms with E-state index in [0.29, 0.717) is 4.68 Å². The van der Waals surface area contributed by atoms with Crippen molar-refractivity contribution in [1.29, 1.82) is 0 Å². The minimum absolute atomic E-state index is 0.124. The average molecular weight is 378 g/mol. The molecule has 27 heavy (non-hydrogen) atoms. The number of aromatic nitrogens is 4. The Morgan fingerprint density at radius 3 is 2.52 bits per heavy atom. The summed E-state index contributed by atoms with van der Waals surface area (Å²) in [7, 11) is 1.35. The second-order valence-corrected chi connectivity index (χ2v) is 5.46. The van der Waals surface area contributed by atoms with Gasteiger partial charge in [-0.15, -0.1) is 10.2 Å². The predicted molar refractivity (Wildman–Crippen MR) is 86.8 cm³/mol. The molecule has 0 atom stereocenters. The van der Waals surface area contributed by atoms with Gasteiger partial charge in [0.15, 0.2) is 11.5 Å². The lowest BCUT2D eigenvalue weighted by molar-refractivity contribution is -0.143. The maximum absolute atomic E-state index is 13.6. The number of ether oxygens (including phenoxy) is 2. The highest BCUT2D eigenvalue weighted by Crippen LogP contribution is 2.34. The number of nitrogens with zero attached hydrogens (tertiary/aromatic N) is 4. The van der Waals surface area contributed by atoms with Crippen LogP contribution in [0.5, 0.6) is 11.6 Å². The summed E-state index contributed by atoms with van der Waals surface area (Å²) >= 11 is 0. The van der Waals surface area contributed by atoms with Gasteiger partial charge in [0.05, 0.1) is 13.3 Å². The van der Waals surface area contributed by atoms with Crippen LogP contribution in [0, 0.1) is 6.92 Å². The summed E-state index contributed by atoms with van der Waals surface area (Å²) in [5.41, 5.74) is -1.25. The summed E-state index contributed by atoms with van der Waals surface area (Å²) in [5.74, 6) is -1.15. The molecule has 0 spiro atoms. The van der Waals surface area contributed by atoms with E-state index in [-0.39, 0.29) is 17.4 Å². The lowest BCUT2D eigenvalue weighted by atomic mass is 10.2. The van der Waals surface area contributed by atoms with Gasteiger partial charge in [-0.3, -0.25) is 0 Å². The molecule has 0 aliphatic rings. The number of benzene rings is 1. The first-order chi connectivity index (χ1) is 12.8. The van der Waals surface area contributed by atoms with Gasteiger partial charge in [-0.1, -0.05) is 12.1 Å². The molecule has 140 valence electrons. The Balaban J connectivity index is 2.00. The van der Waals surface area contributed by atoms with E-state index in [9.17, 15) is 18.0 Å². The molecule has 0 bridgehead atoms. The Kier molecular flexibility index (Phi) is 4.80. The van der Waals surface area contributed by atoms with Crippen molar-refractivity contribution in [3.05, 3.63) is 59.4 Å². The molecule has 0 aliphatic heterocycles. The zero-order valence-electron chi connectivity index (χ0n) is 14.2. The van der Waals surface area contributed by atoms with Crippen LogP contribution in [0.3, 0.4) is 0 Å². The normalized spacial score (nSPS) is 11.3. The summed E-state index contributed by atoms with van der Waals surface area (Å²) in [6.07, 6.45) is -4.09. The first-order valence-corrected chi connectivity index (χ1v) is 7.62. The number of aryl methyl sites for hydroxylation is 1. The van der Waals surface area contributed by atoms with Crippen molar-refractivity contribution >= 4 is 5.97 Å². The third-order valence-electron chi connectivity index (χ3n) is 3.51. The van der Waals surface area contributed by atoms with E-state index >= 15 is 0 Å². The minimum atomic E-state index is -4.88. The fourth-order valence-corrected chi connectivity index (χ4v) is 2.32. The number of carbonyl (C=O) groups is 1. The fourth-order valence-electron chi connectivity index (χ4n) is 2.32. The van der Waals surface area contributed by atoms with E-state index in [2.05, 4.69) is 15.3 Å². The van der Waals surface area contributed by atoms with E-state index in [1.54, 1.807) is 19.1 Å². The Hall–Kier alpha value is -3.43. The van der Waals surface area contributed by atoms with Crippen molar-refractivity contribution in [2.45, 2.75) is 13.1 Å². The SMILES string of the molecule is COc1ccc(-n2ncc(C(=O)Oc3cccc(C)c3)c2C(F)(F)F)nn1. The van der Waals surface area contributed by atoms with Crippen LogP contribution in [-0.2, 0) is 6.18 Å². The molecule has 1 aromatic carbocycles. The van der Waals surface area contributed by atoms with Crippen LogP contribution in [0.15, 0.2) is 42.6 Å². The van der Waals surface area contributed by atoms with Crippen LogP contribution in [0.2, 0.25) is 0 Å². The molecule has 0 saturated heterocycles. The van der Waals surface area contributed by atoms with Crippen LogP contribution in [0.25, 0.3) is 5.82 Å². The highest BCUT2D eigenvalue weighted by atomic mass is 19.4. The van der Waals surface area contributed by atoms with Gasteiger partial charge < -0.3 is 9.47 Å². The van der Waals surface area contributed by atoms with Gasteiger partial charge in [0.2, 0.25) is 5.88 Å². The highest BCUT2D eigenvalue weighted by Gasteiger charge is 2.41. The predicted octanol–water partition coefficient (Wildman–Crippen LogP) is 3.22. The minimum Gasteiger partial charge on any atom is -0.480 e. The number of carbonyl (C=O) groups excluding carboxylic acids is 1. The molecule has 2 heterocycles. The first-order valence-electron chi connectivity index (χ1n) is 7.62. The Bertz CT molecular complexity index is 968. The average Bonchev–Trinajstić information content (AvgIpc) is 3.07. The number of alkyl halides is 3. The van der Waals surface area contributed by atoms with Crippen LogP contribution in [0.4, 0.5) is 13.2 Å². The van der Waals surface area contributed by atoms with Gasteiger partial charge in [0, 0.05) is 6.07 Å². The van der Waals surface area contributed by atoms with Crippen molar-refractivity contribution in [3.63, 3.8) is 0 Å². The van der Waals surface area contributed by atoms with E-state index < -0.39 is 23.4 Å². The van der Waals surface area contributed by atoms with Crippen molar-refractivity contribution in [2.75, 3.05) is 7.11 Å². The second kappa shape index (κ2) is 7.06. The molecule has 10 heteroatoms. The van der Waals surface area contributed by atoms with Gasteiger partial charge in [0.1, 0.15) is 11.3 Å². The second-order valence-electron chi connectivity index (χ2n) is 5.46. The van der Waals surface area contributed by atoms with Gasteiger partial charge in [-0.05, 0) is 30.7 Å². The monoisotopic (exact) mass is 378 g/mol. The van der Waals surface area contributed by atoms with Gasteiger partial charge >= 0.3 is 12.1 Å². The number of hydrogen-bond acceptors (Lipinski definition) is 6. The third kappa shape index (κ3) is 3.89. The standard InChI is InChI=1S/C17H13F3N4O3/c1-10-4-3-5-11(8-10)27-16(25)12-9-21-24(15(12)17(18,19)20)13-6-7-14(26-2)23-22-13/h3-9H,1-2H3. The lowest BCUT2D eigenvalue weighted by Gasteiger charge is -2.12. The number of methoxy groups -OCH3 is 1. The van der Waals surface area contributed by atoms with Gasteiger partial charge in [-0.2, -0.15) is 18.3 Å². The molecule has 0 N–H and O–H groups in total. The van der Waals surface area contributed by atoms with Gasteiger partial charge in [-0.25, -0.2) is 9.48 Å². The summed E-state index contributed by atoms with van der Waals surface area (Å²) in [4.78, 5) is 12.3. The quantitative estimate of drug-likeness (QED) is 0.512. The van der Waals surface area contributed by atoms with Crippen LogP contribution in [0.1, 0.15) is 21.6 Å². The van der Waals surface area contributed by atoms with E-state index in [4.69, 9.17) is 9.47 Å².